The summed E-state index contributed by atoms with van der Waals surface area (Å²) in [5.41, 5.74) is 9.14. The molecular weight excluding hydrogens is 395 g/mol. The number of alkyl halides is 1. The standard InChI is InChI=1S/C21H27FN6O.C2H6/c1-25-21-17(9-10-22)13-19(26-21)6-3-16-4-7-20(8-5-16)27(2)11-12-28(24)14-18(23)15-29;1-2/h4-5,7-9,13-14,29H,10-12,15,23-24H2,1-2H3,(H,25,26);1-2H3/b17-9-,18-14-;. The Bertz CT molecular complexity index is 878. The van der Waals surface area contributed by atoms with Gasteiger partial charge in [0.2, 0.25) is 0 Å². The van der Waals surface area contributed by atoms with Crippen LogP contribution < -0.4 is 21.8 Å². The molecule has 0 fully saturated rings. The van der Waals surface area contributed by atoms with Crippen LogP contribution in [0.3, 0.4) is 0 Å². The monoisotopic (exact) mass is 428 g/mol. The number of aliphatic hydroxyl groups is 1. The molecule has 0 saturated carbocycles. The molecule has 1 heterocycles. The van der Waals surface area contributed by atoms with Gasteiger partial charge in [-0.15, -0.1) is 0 Å². The summed E-state index contributed by atoms with van der Waals surface area (Å²) in [6, 6.07) is 7.83. The molecule has 6 N–H and O–H groups in total. The molecule has 0 amide bonds. The van der Waals surface area contributed by atoms with E-state index in [0.717, 1.165) is 11.3 Å². The molecule has 1 aromatic rings. The van der Waals surface area contributed by atoms with E-state index in [-0.39, 0.29) is 6.61 Å². The number of amidine groups is 1. The van der Waals surface area contributed by atoms with Crippen LogP contribution in [-0.2, 0) is 0 Å². The van der Waals surface area contributed by atoms with Gasteiger partial charge in [-0.3, -0.25) is 4.99 Å². The van der Waals surface area contributed by atoms with Crippen LogP contribution in [0, 0.1) is 11.8 Å². The molecule has 0 bridgehead atoms. The molecule has 1 aliphatic heterocycles. The summed E-state index contributed by atoms with van der Waals surface area (Å²) in [6.07, 6.45) is 4.76. The zero-order chi connectivity index (χ0) is 23.2. The van der Waals surface area contributed by atoms with Crippen molar-refractivity contribution in [2.45, 2.75) is 13.8 Å². The average Bonchev–Trinajstić information content (AvgIpc) is 3.19. The van der Waals surface area contributed by atoms with Crippen LogP contribution >= 0.6 is 0 Å². The molecule has 1 aromatic carbocycles. The van der Waals surface area contributed by atoms with Gasteiger partial charge in [-0.05, 0) is 42.3 Å². The molecule has 1 aliphatic rings. The van der Waals surface area contributed by atoms with Crippen LogP contribution in [-0.4, -0.2) is 56.4 Å². The van der Waals surface area contributed by atoms with E-state index in [0.29, 0.717) is 35.9 Å². The highest BCUT2D eigenvalue weighted by atomic mass is 19.1. The highest BCUT2D eigenvalue weighted by Gasteiger charge is 2.13. The SMILES string of the molecule is CC.CN=C1NC(C#Cc2ccc(N(C)CCN(N)/C=C(\N)CO)cc2)=C/C1=C/CF. The third kappa shape index (κ3) is 8.54. The minimum absolute atomic E-state index is 0.224. The van der Waals surface area contributed by atoms with E-state index in [1.54, 1.807) is 13.1 Å². The molecule has 168 valence electrons. The summed E-state index contributed by atoms with van der Waals surface area (Å²) < 4.78 is 12.6. The number of aliphatic hydroxyl groups excluding tert-OH is 1. The topological polar surface area (TPSA) is 103 Å². The number of anilines is 1. The van der Waals surface area contributed by atoms with Crippen molar-refractivity contribution in [1.29, 1.82) is 0 Å². The molecule has 0 aromatic heterocycles. The second kappa shape index (κ2) is 13.9. The van der Waals surface area contributed by atoms with Crippen LogP contribution in [0.15, 0.2) is 64.6 Å². The number of rotatable bonds is 7. The molecule has 0 spiro atoms. The Hall–Kier alpha value is -3.28. The van der Waals surface area contributed by atoms with Crippen molar-refractivity contribution < 1.29 is 9.50 Å². The van der Waals surface area contributed by atoms with Gasteiger partial charge in [0.15, 0.2) is 0 Å². The predicted octanol–water partition coefficient (Wildman–Crippen LogP) is 1.88. The quantitative estimate of drug-likeness (QED) is 0.300. The highest BCUT2D eigenvalue weighted by Crippen LogP contribution is 2.14. The van der Waals surface area contributed by atoms with Crippen LogP contribution in [0.4, 0.5) is 10.1 Å². The van der Waals surface area contributed by atoms with E-state index < -0.39 is 6.67 Å². The minimum atomic E-state index is -0.546. The lowest BCUT2D eigenvalue weighted by Crippen LogP contribution is -2.35. The largest absolute Gasteiger partial charge is 0.399 e. The Balaban J connectivity index is 0.00000233. The molecule has 7 nitrogen and oxygen atoms in total. The predicted molar refractivity (Wildman–Crippen MR) is 127 cm³/mol. The fraction of sp³-hybridized carbons (Fsp3) is 0.348. The number of aliphatic imine (C=N–C) groups is 1. The van der Waals surface area contributed by atoms with Crippen molar-refractivity contribution in [3.05, 3.63) is 65.1 Å². The Morgan fingerprint density at radius 3 is 2.48 bits per heavy atom. The maximum absolute atomic E-state index is 12.6. The molecular formula is C23H33FN6O. The van der Waals surface area contributed by atoms with Crippen molar-refractivity contribution in [1.82, 2.24) is 10.3 Å². The highest BCUT2D eigenvalue weighted by molar-refractivity contribution is 6.05. The van der Waals surface area contributed by atoms with Crippen LogP contribution in [0.25, 0.3) is 0 Å². The van der Waals surface area contributed by atoms with E-state index in [4.69, 9.17) is 16.7 Å². The van der Waals surface area contributed by atoms with Gasteiger partial charge < -0.3 is 26.1 Å². The average molecular weight is 429 g/mol. The molecule has 0 unspecified atom stereocenters. The Labute approximate surface area is 184 Å². The van der Waals surface area contributed by atoms with E-state index in [9.17, 15) is 4.39 Å². The second-order valence-corrected chi connectivity index (χ2v) is 6.39. The summed E-state index contributed by atoms with van der Waals surface area (Å²) in [6.45, 7) is 4.46. The van der Waals surface area contributed by atoms with Gasteiger partial charge >= 0.3 is 0 Å². The first-order chi connectivity index (χ1) is 15.0. The van der Waals surface area contributed by atoms with Crippen LogP contribution in [0.5, 0.6) is 0 Å². The lowest BCUT2D eigenvalue weighted by Gasteiger charge is -2.22. The van der Waals surface area contributed by atoms with Crippen molar-refractivity contribution in [2.24, 2.45) is 16.6 Å². The van der Waals surface area contributed by atoms with E-state index in [2.05, 4.69) is 27.0 Å². The van der Waals surface area contributed by atoms with Gasteiger partial charge in [0, 0.05) is 43.7 Å². The first kappa shape index (κ1) is 25.8. The smallest absolute Gasteiger partial charge is 0.132 e. The molecule has 31 heavy (non-hydrogen) atoms. The molecule has 0 atom stereocenters. The summed E-state index contributed by atoms with van der Waals surface area (Å²) in [4.78, 5) is 6.14. The van der Waals surface area contributed by atoms with E-state index in [1.165, 1.54) is 17.3 Å². The molecule has 8 heteroatoms. The Kier molecular flexibility index (Phi) is 11.5. The van der Waals surface area contributed by atoms with Gasteiger partial charge in [0.25, 0.3) is 0 Å². The lowest BCUT2D eigenvalue weighted by molar-refractivity contribution is 0.320. The molecule has 0 aliphatic carbocycles. The summed E-state index contributed by atoms with van der Waals surface area (Å²) >= 11 is 0. The second-order valence-electron chi connectivity index (χ2n) is 6.39. The molecule has 0 radical (unpaired) electrons. The number of hydrogen-bond acceptors (Lipinski definition) is 6. The fourth-order valence-corrected chi connectivity index (χ4v) is 2.60. The maximum Gasteiger partial charge on any atom is 0.132 e. The number of likely N-dealkylation sites (N-methyl/N-ethyl adjacent to an activating group) is 1. The van der Waals surface area contributed by atoms with Crippen molar-refractivity contribution in [3.63, 3.8) is 0 Å². The fourth-order valence-electron chi connectivity index (χ4n) is 2.60. The zero-order valence-electron chi connectivity index (χ0n) is 18.7. The van der Waals surface area contributed by atoms with Crippen molar-refractivity contribution in [2.75, 3.05) is 45.4 Å². The normalized spacial score (nSPS) is 15.5. The van der Waals surface area contributed by atoms with Crippen molar-refractivity contribution >= 4 is 11.5 Å². The van der Waals surface area contributed by atoms with Gasteiger partial charge in [-0.25, -0.2) is 10.2 Å². The first-order valence-corrected chi connectivity index (χ1v) is 10.1. The van der Waals surface area contributed by atoms with Crippen LogP contribution in [0.2, 0.25) is 0 Å². The van der Waals surface area contributed by atoms with E-state index in [1.807, 2.05) is 45.2 Å². The number of nitrogens with zero attached hydrogens (tertiary/aromatic N) is 3. The number of benzene rings is 1. The molecule has 0 saturated heterocycles. The molecule has 2 rings (SSSR count). The van der Waals surface area contributed by atoms with E-state index >= 15 is 0 Å². The van der Waals surface area contributed by atoms with Gasteiger partial charge in [-0.1, -0.05) is 19.8 Å². The number of nitrogens with one attached hydrogen (secondary N) is 1. The van der Waals surface area contributed by atoms with Gasteiger partial charge in [0.05, 0.1) is 24.5 Å². The third-order valence-corrected chi connectivity index (χ3v) is 4.20. The number of halogens is 1. The maximum atomic E-state index is 12.6. The van der Waals surface area contributed by atoms with Gasteiger partial charge in [0.1, 0.15) is 12.5 Å². The summed E-state index contributed by atoms with van der Waals surface area (Å²) in [7, 11) is 3.61. The number of nitrogens with two attached hydrogens (primary N) is 2. The Morgan fingerprint density at radius 1 is 1.23 bits per heavy atom. The minimum Gasteiger partial charge on any atom is -0.399 e. The van der Waals surface area contributed by atoms with Crippen LogP contribution in [0.1, 0.15) is 19.4 Å². The lowest BCUT2D eigenvalue weighted by atomic mass is 10.2. The zero-order valence-corrected chi connectivity index (χ0v) is 18.7. The van der Waals surface area contributed by atoms with Crippen molar-refractivity contribution in [3.8, 4) is 11.8 Å². The Morgan fingerprint density at radius 2 is 1.90 bits per heavy atom. The first-order valence-electron chi connectivity index (χ1n) is 10.1. The third-order valence-electron chi connectivity index (χ3n) is 4.20. The summed E-state index contributed by atoms with van der Waals surface area (Å²) in [5.74, 6) is 12.6. The van der Waals surface area contributed by atoms with Gasteiger partial charge in [-0.2, -0.15) is 0 Å². The number of hydrazine groups is 1. The summed E-state index contributed by atoms with van der Waals surface area (Å²) in [5, 5.41) is 13.4. The number of allylic oxidation sites excluding steroid dienone is 2. The number of hydrogen-bond donors (Lipinski definition) is 4.